The molecule has 1 aromatic rings. The Morgan fingerprint density at radius 2 is 1.88 bits per heavy atom. The van der Waals surface area contributed by atoms with E-state index in [2.05, 4.69) is 53.7 Å². The summed E-state index contributed by atoms with van der Waals surface area (Å²) in [6, 6.07) is 5.25. The minimum atomic E-state index is 0.757. The lowest BCUT2D eigenvalue weighted by atomic mass is 10.1. The van der Waals surface area contributed by atoms with Gasteiger partial charge in [-0.25, -0.2) is 0 Å². The topological polar surface area (TPSA) is 3.24 Å². The first-order valence-corrected chi connectivity index (χ1v) is 7.46. The van der Waals surface area contributed by atoms with Crippen LogP contribution < -0.4 is 4.90 Å². The third kappa shape index (κ3) is 2.67. The van der Waals surface area contributed by atoms with Crippen molar-refractivity contribution in [1.82, 2.24) is 0 Å². The average Bonchev–Trinajstić information content (AvgIpc) is 2.79. The first-order chi connectivity index (χ1) is 8.13. The van der Waals surface area contributed by atoms with Gasteiger partial charge in [0, 0.05) is 22.7 Å². The molecule has 2 rings (SSSR count). The van der Waals surface area contributed by atoms with E-state index >= 15 is 0 Å². The van der Waals surface area contributed by atoms with E-state index in [9.17, 15) is 0 Å². The van der Waals surface area contributed by atoms with Gasteiger partial charge in [0.15, 0.2) is 0 Å². The van der Waals surface area contributed by atoms with Crippen LogP contribution >= 0.6 is 15.9 Å². The quantitative estimate of drug-likeness (QED) is 0.772. The molecule has 0 atom stereocenters. The second kappa shape index (κ2) is 5.43. The molecule has 1 nitrogen and oxygen atoms in total. The predicted octanol–water partition coefficient (Wildman–Crippen LogP) is 4.83. The van der Waals surface area contributed by atoms with Gasteiger partial charge in [0.05, 0.1) is 0 Å². The van der Waals surface area contributed by atoms with Crippen molar-refractivity contribution in [3.8, 4) is 0 Å². The Kier molecular flexibility index (Phi) is 4.13. The number of hydrogen-bond donors (Lipinski definition) is 0. The zero-order valence-corrected chi connectivity index (χ0v) is 12.7. The molecular formula is C15H22BrN. The van der Waals surface area contributed by atoms with Crippen LogP contribution in [0, 0.1) is 13.8 Å². The molecule has 1 aromatic carbocycles. The maximum Gasteiger partial charge on any atom is 0.0412 e. The number of anilines is 1. The Morgan fingerprint density at radius 1 is 1.24 bits per heavy atom. The largest absolute Gasteiger partial charge is 0.369 e. The van der Waals surface area contributed by atoms with E-state index in [1.54, 1.807) is 0 Å². The van der Waals surface area contributed by atoms with E-state index in [0.717, 1.165) is 12.6 Å². The molecule has 0 unspecified atom stereocenters. The number of nitrogens with zero attached hydrogens (tertiary/aromatic N) is 1. The number of rotatable bonds is 3. The fourth-order valence-electron chi connectivity index (χ4n) is 2.94. The smallest absolute Gasteiger partial charge is 0.0412 e. The van der Waals surface area contributed by atoms with Crippen LogP contribution in [0.2, 0.25) is 0 Å². The summed E-state index contributed by atoms with van der Waals surface area (Å²) in [5, 5.41) is 0. The van der Waals surface area contributed by atoms with Crippen LogP contribution in [-0.2, 0) is 0 Å². The second-order valence-electron chi connectivity index (χ2n) is 5.09. The molecule has 1 aliphatic rings. The predicted molar refractivity (Wildman–Crippen MR) is 78.9 cm³/mol. The van der Waals surface area contributed by atoms with Crippen molar-refractivity contribution < 1.29 is 0 Å². The molecule has 0 heterocycles. The fraction of sp³-hybridized carbons (Fsp3) is 0.600. The van der Waals surface area contributed by atoms with Gasteiger partial charge in [-0.3, -0.25) is 0 Å². The molecule has 0 radical (unpaired) electrons. The molecule has 0 saturated heterocycles. The number of halogens is 1. The normalized spacial score (nSPS) is 16.5. The van der Waals surface area contributed by atoms with Gasteiger partial charge in [-0.05, 0) is 56.9 Å². The van der Waals surface area contributed by atoms with Gasteiger partial charge in [0.25, 0.3) is 0 Å². The minimum absolute atomic E-state index is 0.757. The van der Waals surface area contributed by atoms with Gasteiger partial charge in [-0.2, -0.15) is 0 Å². The molecule has 0 N–H and O–H groups in total. The van der Waals surface area contributed by atoms with E-state index in [0.29, 0.717) is 0 Å². The van der Waals surface area contributed by atoms with Crippen LogP contribution in [0.3, 0.4) is 0 Å². The summed E-state index contributed by atoms with van der Waals surface area (Å²) in [6.07, 6.45) is 5.51. The molecule has 0 spiro atoms. The van der Waals surface area contributed by atoms with Gasteiger partial charge in [-0.1, -0.05) is 28.8 Å². The zero-order valence-electron chi connectivity index (χ0n) is 11.1. The Morgan fingerprint density at radius 3 is 2.47 bits per heavy atom. The molecular weight excluding hydrogens is 274 g/mol. The standard InChI is InChI=1S/C15H22BrN/c1-4-17(14-7-5-6-8-14)15-10-13(16)9-11(2)12(15)3/h9-10,14H,4-8H2,1-3H3. The van der Waals surface area contributed by atoms with E-state index in [4.69, 9.17) is 0 Å². The van der Waals surface area contributed by atoms with Crippen molar-refractivity contribution in [3.63, 3.8) is 0 Å². The van der Waals surface area contributed by atoms with Gasteiger partial charge < -0.3 is 4.90 Å². The summed E-state index contributed by atoms with van der Waals surface area (Å²) < 4.78 is 1.20. The maximum atomic E-state index is 3.63. The third-order valence-corrected chi connectivity index (χ3v) is 4.48. The summed E-state index contributed by atoms with van der Waals surface area (Å²) in [5.74, 6) is 0. The van der Waals surface area contributed by atoms with Crippen LogP contribution in [0.4, 0.5) is 5.69 Å². The van der Waals surface area contributed by atoms with Crippen LogP contribution in [0.15, 0.2) is 16.6 Å². The van der Waals surface area contributed by atoms with E-state index in [1.165, 1.54) is 47.0 Å². The van der Waals surface area contributed by atoms with Crippen molar-refractivity contribution in [2.24, 2.45) is 0 Å². The van der Waals surface area contributed by atoms with Gasteiger partial charge in [0.2, 0.25) is 0 Å². The lowest BCUT2D eigenvalue weighted by Gasteiger charge is -2.32. The molecule has 1 fully saturated rings. The highest BCUT2D eigenvalue weighted by atomic mass is 79.9. The van der Waals surface area contributed by atoms with E-state index in [-0.39, 0.29) is 0 Å². The summed E-state index contributed by atoms with van der Waals surface area (Å²) in [6.45, 7) is 7.83. The van der Waals surface area contributed by atoms with Crippen molar-refractivity contribution in [3.05, 3.63) is 27.7 Å². The molecule has 94 valence electrons. The lowest BCUT2D eigenvalue weighted by molar-refractivity contribution is 0.618. The number of aryl methyl sites for hydroxylation is 1. The number of benzene rings is 1. The molecule has 0 bridgehead atoms. The average molecular weight is 296 g/mol. The number of hydrogen-bond acceptors (Lipinski definition) is 1. The van der Waals surface area contributed by atoms with Crippen molar-refractivity contribution in [1.29, 1.82) is 0 Å². The van der Waals surface area contributed by atoms with Gasteiger partial charge >= 0.3 is 0 Å². The monoisotopic (exact) mass is 295 g/mol. The maximum absolute atomic E-state index is 3.63. The Bertz CT molecular complexity index is 394. The molecule has 17 heavy (non-hydrogen) atoms. The highest BCUT2D eigenvalue weighted by Gasteiger charge is 2.23. The van der Waals surface area contributed by atoms with Crippen molar-refractivity contribution in [2.45, 2.75) is 52.5 Å². The van der Waals surface area contributed by atoms with Crippen LogP contribution in [0.5, 0.6) is 0 Å². The molecule has 0 amide bonds. The fourth-order valence-corrected chi connectivity index (χ4v) is 3.50. The molecule has 2 heteroatoms. The summed E-state index contributed by atoms with van der Waals surface area (Å²) >= 11 is 3.63. The third-order valence-electron chi connectivity index (χ3n) is 4.02. The Labute approximate surface area is 113 Å². The molecule has 0 aliphatic heterocycles. The summed E-state index contributed by atoms with van der Waals surface area (Å²) in [5.41, 5.74) is 4.24. The highest BCUT2D eigenvalue weighted by molar-refractivity contribution is 9.10. The summed E-state index contributed by atoms with van der Waals surface area (Å²) in [7, 11) is 0. The van der Waals surface area contributed by atoms with E-state index in [1.807, 2.05) is 0 Å². The van der Waals surface area contributed by atoms with Crippen molar-refractivity contribution in [2.75, 3.05) is 11.4 Å². The molecule has 1 saturated carbocycles. The highest BCUT2D eigenvalue weighted by Crippen LogP contribution is 2.33. The molecule has 0 aromatic heterocycles. The SMILES string of the molecule is CCN(c1cc(Br)cc(C)c1C)C1CCCC1. The first-order valence-electron chi connectivity index (χ1n) is 6.67. The van der Waals surface area contributed by atoms with E-state index < -0.39 is 0 Å². The summed E-state index contributed by atoms with van der Waals surface area (Å²) in [4.78, 5) is 2.60. The second-order valence-corrected chi connectivity index (χ2v) is 6.01. The Balaban J connectivity index is 2.35. The van der Waals surface area contributed by atoms with Crippen LogP contribution in [0.1, 0.15) is 43.7 Å². The van der Waals surface area contributed by atoms with Crippen LogP contribution in [0.25, 0.3) is 0 Å². The molecule has 1 aliphatic carbocycles. The van der Waals surface area contributed by atoms with Gasteiger partial charge in [0.1, 0.15) is 0 Å². The van der Waals surface area contributed by atoms with Crippen molar-refractivity contribution >= 4 is 21.6 Å². The first kappa shape index (κ1) is 12.9. The zero-order chi connectivity index (χ0) is 12.4. The Hall–Kier alpha value is -0.500. The lowest BCUT2D eigenvalue weighted by Crippen LogP contribution is -2.33. The minimum Gasteiger partial charge on any atom is -0.369 e. The van der Waals surface area contributed by atoms with Crippen LogP contribution in [-0.4, -0.2) is 12.6 Å². The van der Waals surface area contributed by atoms with Gasteiger partial charge in [-0.15, -0.1) is 0 Å².